The molecule has 6 heteroatoms. The first-order valence-electron chi connectivity index (χ1n) is 6.69. The molecule has 0 saturated carbocycles. The van der Waals surface area contributed by atoms with Crippen LogP contribution in [0.1, 0.15) is 12.5 Å². The van der Waals surface area contributed by atoms with Gasteiger partial charge in [-0.15, -0.1) is 0 Å². The van der Waals surface area contributed by atoms with E-state index in [2.05, 4.69) is 4.90 Å². The van der Waals surface area contributed by atoms with Crippen molar-refractivity contribution in [3.8, 4) is 0 Å². The zero-order valence-corrected chi connectivity index (χ0v) is 11.4. The highest BCUT2D eigenvalue weighted by molar-refractivity contribution is 5.49. The maximum Gasteiger partial charge on any atom is 0.416 e. The van der Waals surface area contributed by atoms with Crippen molar-refractivity contribution in [1.29, 1.82) is 0 Å². The number of anilines is 1. The molecule has 112 valence electrons. The summed E-state index contributed by atoms with van der Waals surface area (Å²) in [5.41, 5.74) is -0.00252. The van der Waals surface area contributed by atoms with Crippen molar-refractivity contribution in [2.45, 2.75) is 19.1 Å². The van der Waals surface area contributed by atoms with Crippen LogP contribution in [0.25, 0.3) is 0 Å². The van der Waals surface area contributed by atoms with Crippen LogP contribution in [-0.2, 0) is 6.18 Å². The zero-order valence-electron chi connectivity index (χ0n) is 11.4. The van der Waals surface area contributed by atoms with Crippen LogP contribution in [-0.4, -0.2) is 48.8 Å². The number of hydrogen-bond donors (Lipinski definition) is 1. The first-order valence-corrected chi connectivity index (χ1v) is 6.69. The summed E-state index contributed by atoms with van der Waals surface area (Å²) in [4.78, 5) is 4.10. The topological polar surface area (TPSA) is 26.7 Å². The molecule has 2 rings (SSSR count). The van der Waals surface area contributed by atoms with E-state index in [4.69, 9.17) is 5.11 Å². The number of aliphatic hydroxyl groups excluding tert-OH is 1. The molecule has 0 bridgehead atoms. The fourth-order valence-corrected chi connectivity index (χ4v) is 2.42. The van der Waals surface area contributed by atoms with E-state index in [-0.39, 0.29) is 12.6 Å². The Balaban J connectivity index is 2.04. The quantitative estimate of drug-likeness (QED) is 0.924. The number of hydrogen-bond acceptors (Lipinski definition) is 3. The maximum absolute atomic E-state index is 12.7. The molecule has 1 unspecified atom stereocenters. The molecule has 1 atom stereocenters. The van der Waals surface area contributed by atoms with Crippen LogP contribution in [0, 0.1) is 0 Å². The zero-order chi connectivity index (χ0) is 14.8. The fraction of sp³-hybridized carbons (Fsp3) is 0.571. The van der Waals surface area contributed by atoms with Crippen LogP contribution in [0.15, 0.2) is 24.3 Å². The molecular weight excluding hydrogens is 269 g/mol. The highest BCUT2D eigenvalue weighted by Gasteiger charge is 2.31. The lowest BCUT2D eigenvalue weighted by Gasteiger charge is -2.38. The van der Waals surface area contributed by atoms with Gasteiger partial charge >= 0.3 is 6.18 Å². The summed E-state index contributed by atoms with van der Waals surface area (Å²) in [7, 11) is 0. The molecule has 1 fully saturated rings. The van der Waals surface area contributed by atoms with Gasteiger partial charge in [0, 0.05) is 37.9 Å². The van der Waals surface area contributed by atoms with Crippen LogP contribution in [0.4, 0.5) is 18.9 Å². The molecule has 0 radical (unpaired) electrons. The third kappa shape index (κ3) is 3.43. The van der Waals surface area contributed by atoms with Crippen molar-refractivity contribution in [2.24, 2.45) is 0 Å². The molecule has 1 saturated heterocycles. The lowest BCUT2D eigenvalue weighted by molar-refractivity contribution is -0.137. The maximum atomic E-state index is 12.7. The van der Waals surface area contributed by atoms with Gasteiger partial charge in [-0.1, -0.05) is 6.07 Å². The Hall–Kier alpha value is -1.27. The van der Waals surface area contributed by atoms with Gasteiger partial charge in [-0.25, -0.2) is 0 Å². The van der Waals surface area contributed by atoms with Gasteiger partial charge in [-0.3, -0.25) is 4.90 Å². The summed E-state index contributed by atoms with van der Waals surface area (Å²) < 4.78 is 38.1. The molecule has 3 nitrogen and oxygen atoms in total. The Morgan fingerprint density at radius 2 is 1.85 bits per heavy atom. The van der Waals surface area contributed by atoms with Crippen molar-refractivity contribution in [3.05, 3.63) is 29.8 Å². The lowest BCUT2D eigenvalue weighted by Crippen LogP contribution is -2.50. The van der Waals surface area contributed by atoms with Crippen molar-refractivity contribution < 1.29 is 18.3 Å². The number of rotatable bonds is 3. The van der Waals surface area contributed by atoms with E-state index < -0.39 is 11.7 Å². The average Bonchev–Trinajstić information content (AvgIpc) is 2.46. The Kier molecular flexibility index (Phi) is 4.55. The first-order chi connectivity index (χ1) is 9.41. The molecule has 1 aliphatic heterocycles. The van der Waals surface area contributed by atoms with Crippen LogP contribution in [0.5, 0.6) is 0 Å². The van der Waals surface area contributed by atoms with E-state index in [0.29, 0.717) is 18.8 Å². The Labute approximate surface area is 116 Å². The molecule has 0 amide bonds. The minimum atomic E-state index is -4.30. The van der Waals surface area contributed by atoms with Gasteiger partial charge in [0.15, 0.2) is 0 Å². The third-order valence-electron chi connectivity index (χ3n) is 3.74. The number of nitrogens with zero attached hydrogens (tertiary/aromatic N) is 2. The van der Waals surface area contributed by atoms with Gasteiger partial charge in [0.25, 0.3) is 0 Å². The number of benzene rings is 1. The molecule has 1 aliphatic rings. The van der Waals surface area contributed by atoms with E-state index in [1.54, 1.807) is 6.07 Å². The molecule has 20 heavy (non-hydrogen) atoms. The van der Waals surface area contributed by atoms with Crippen molar-refractivity contribution in [3.63, 3.8) is 0 Å². The average molecular weight is 288 g/mol. The second-order valence-electron chi connectivity index (χ2n) is 5.10. The van der Waals surface area contributed by atoms with Gasteiger partial charge in [-0.2, -0.15) is 13.2 Å². The minimum Gasteiger partial charge on any atom is -0.395 e. The number of piperazine rings is 1. The Morgan fingerprint density at radius 1 is 1.20 bits per heavy atom. The molecule has 0 aliphatic carbocycles. The van der Waals surface area contributed by atoms with Crippen molar-refractivity contribution in [2.75, 3.05) is 37.7 Å². The lowest BCUT2D eigenvalue weighted by atomic mass is 10.1. The molecule has 0 spiro atoms. The molecule has 0 aromatic heterocycles. The smallest absolute Gasteiger partial charge is 0.395 e. The summed E-state index contributed by atoms with van der Waals surface area (Å²) >= 11 is 0. The Bertz CT molecular complexity index is 442. The molecule has 1 heterocycles. The van der Waals surface area contributed by atoms with Crippen LogP contribution in [0.2, 0.25) is 0 Å². The normalized spacial score (nSPS) is 19.1. The summed E-state index contributed by atoms with van der Waals surface area (Å²) in [5.74, 6) is 0. The van der Waals surface area contributed by atoms with Crippen LogP contribution < -0.4 is 4.90 Å². The monoisotopic (exact) mass is 288 g/mol. The highest BCUT2D eigenvalue weighted by Crippen LogP contribution is 2.31. The number of aliphatic hydroxyl groups is 1. The molecular formula is C14H19F3N2O. The SMILES string of the molecule is CC(CO)N1CCN(c2cccc(C(F)(F)F)c2)CC1. The van der Waals surface area contributed by atoms with Crippen molar-refractivity contribution in [1.82, 2.24) is 4.90 Å². The van der Waals surface area contributed by atoms with Crippen molar-refractivity contribution >= 4 is 5.69 Å². The minimum absolute atomic E-state index is 0.0960. The summed E-state index contributed by atoms with van der Waals surface area (Å²) in [5, 5.41) is 9.12. The Morgan fingerprint density at radius 3 is 2.40 bits per heavy atom. The van der Waals surface area contributed by atoms with Gasteiger partial charge in [0.05, 0.1) is 12.2 Å². The van der Waals surface area contributed by atoms with Gasteiger partial charge < -0.3 is 10.0 Å². The molecule has 1 N–H and O–H groups in total. The van der Waals surface area contributed by atoms with Gasteiger partial charge in [0.1, 0.15) is 0 Å². The largest absolute Gasteiger partial charge is 0.416 e. The van der Waals surface area contributed by atoms with E-state index in [9.17, 15) is 13.2 Å². The van der Waals surface area contributed by atoms with E-state index in [0.717, 1.165) is 19.2 Å². The number of halogens is 3. The summed E-state index contributed by atoms with van der Waals surface area (Å²) in [6, 6.07) is 5.54. The second-order valence-corrected chi connectivity index (χ2v) is 5.10. The first kappa shape index (κ1) is 15.1. The standard InChI is InChI=1S/C14H19F3N2O/c1-11(10-20)18-5-7-19(8-6-18)13-4-2-3-12(9-13)14(15,16)17/h2-4,9,11,20H,5-8,10H2,1H3. The van der Waals surface area contributed by atoms with E-state index >= 15 is 0 Å². The second kappa shape index (κ2) is 6.01. The summed E-state index contributed by atoms with van der Waals surface area (Å²) in [6.07, 6.45) is -4.30. The predicted molar refractivity (Wildman–Crippen MR) is 71.8 cm³/mol. The third-order valence-corrected chi connectivity index (χ3v) is 3.74. The molecule has 1 aromatic rings. The van der Waals surface area contributed by atoms with Crippen LogP contribution in [0.3, 0.4) is 0 Å². The fourth-order valence-electron chi connectivity index (χ4n) is 2.42. The van der Waals surface area contributed by atoms with E-state index in [1.165, 1.54) is 12.1 Å². The predicted octanol–water partition coefficient (Wildman–Crippen LogP) is 2.21. The van der Waals surface area contributed by atoms with E-state index in [1.807, 2.05) is 11.8 Å². The van der Waals surface area contributed by atoms with Gasteiger partial charge in [-0.05, 0) is 25.1 Å². The number of alkyl halides is 3. The molecule has 1 aromatic carbocycles. The summed E-state index contributed by atoms with van der Waals surface area (Å²) in [6.45, 7) is 4.89. The highest BCUT2D eigenvalue weighted by atomic mass is 19.4. The van der Waals surface area contributed by atoms with Crippen LogP contribution >= 0.6 is 0 Å². The van der Waals surface area contributed by atoms with Gasteiger partial charge in [0.2, 0.25) is 0 Å².